The fraction of sp³-hybridized carbons (Fsp3) is 0.667. The molecule has 1 aliphatic heterocycles. The number of hydrogen-bond acceptors (Lipinski definition) is 5. The second-order valence-electron chi connectivity index (χ2n) is 5.52. The Hall–Kier alpha value is -1.67. The molecule has 5 heteroatoms. The lowest BCUT2D eigenvalue weighted by molar-refractivity contribution is 0.404. The highest BCUT2D eigenvalue weighted by Crippen LogP contribution is 2.24. The Morgan fingerprint density at radius 3 is 2.35 bits per heavy atom. The third kappa shape index (κ3) is 2.75. The molecule has 0 bridgehead atoms. The van der Waals surface area contributed by atoms with Gasteiger partial charge in [-0.05, 0) is 32.3 Å². The predicted octanol–water partition coefficient (Wildman–Crippen LogP) is 1.66. The zero-order valence-electron chi connectivity index (χ0n) is 12.8. The molecular formula is C15H23N5. The Labute approximate surface area is 121 Å². The van der Waals surface area contributed by atoms with Crippen LogP contribution in [0.5, 0.6) is 0 Å². The summed E-state index contributed by atoms with van der Waals surface area (Å²) in [6, 6.07) is 3.14. The van der Waals surface area contributed by atoms with Crippen molar-refractivity contribution in [1.29, 1.82) is 5.26 Å². The van der Waals surface area contributed by atoms with Crippen LogP contribution in [0.2, 0.25) is 0 Å². The van der Waals surface area contributed by atoms with Gasteiger partial charge in [-0.15, -0.1) is 5.10 Å². The Kier molecular flexibility index (Phi) is 4.56. The number of aryl methyl sites for hydroxylation is 1. The molecule has 0 saturated carbocycles. The highest BCUT2D eigenvalue weighted by molar-refractivity contribution is 5.58. The van der Waals surface area contributed by atoms with Crippen molar-refractivity contribution in [3.8, 4) is 6.07 Å². The fourth-order valence-corrected chi connectivity index (χ4v) is 3.00. The van der Waals surface area contributed by atoms with E-state index in [1.165, 1.54) is 0 Å². The van der Waals surface area contributed by atoms with Crippen LogP contribution in [-0.2, 0) is 12.8 Å². The van der Waals surface area contributed by atoms with Gasteiger partial charge in [-0.25, -0.2) is 0 Å². The van der Waals surface area contributed by atoms with E-state index in [4.69, 9.17) is 0 Å². The van der Waals surface area contributed by atoms with Crippen LogP contribution in [0, 0.1) is 11.3 Å². The SMILES string of the molecule is CCc1nnc(N2CC(C)NC(C)C2)c(C#N)c1CC. The van der Waals surface area contributed by atoms with Crippen LogP contribution in [0.1, 0.15) is 44.5 Å². The van der Waals surface area contributed by atoms with Crippen molar-refractivity contribution in [1.82, 2.24) is 15.5 Å². The molecule has 0 spiro atoms. The number of nitrogens with one attached hydrogen (secondary N) is 1. The molecule has 0 aliphatic carbocycles. The number of nitriles is 1. The van der Waals surface area contributed by atoms with Crippen LogP contribution in [0.4, 0.5) is 5.82 Å². The third-order valence-corrected chi connectivity index (χ3v) is 3.80. The molecule has 1 aliphatic rings. The van der Waals surface area contributed by atoms with Crippen LogP contribution in [-0.4, -0.2) is 35.4 Å². The summed E-state index contributed by atoms with van der Waals surface area (Å²) in [7, 11) is 0. The third-order valence-electron chi connectivity index (χ3n) is 3.80. The largest absolute Gasteiger partial charge is 0.351 e. The molecule has 0 radical (unpaired) electrons. The van der Waals surface area contributed by atoms with Gasteiger partial charge in [0.05, 0.1) is 5.69 Å². The van der Waals surface area contributed by atoms with Crippen LogP contribution in [0.25, 0.3) is 0 Å². The van der Waals surface area contributed by atoms with Gasteiger partial charge in [0.15, 0.2) is 5.82 Å². The monoisotopic (exact) mass is 273 g/mol. The van der Waals surface area contributed by atoms with Gasteiger partial charge < -0.3 is 10.2 Å². The van der Waals surface area contributed by atoms with Crippen molar-refractivity contribution in [3.63, 3.8) is 0 Å². The summed E-state index contributed by atoms with van der Waals surface area (Å²) in [6.45, 7) is 10.2. The lowest BCUT2D eigenvalue weighted by Crippen LogP contribution is -2.54. The van der Waals surface area contributed by atoms with E-state index in [0.717, 1.165) is 43.0 Å². The second-order valence-corrected chi connectivity index (χ2v) is 5.52. The van der Waals surface area contributed by atoms with Crippen molar-refractivity contribution in [2.24, 2.45) is 0 Å². The minimum Gasteiger partial charge on any atom is -0.351 e. The summed E-state index contributed by atoms with van der Waals surface area (Å²) in [5.41, 5.74) is 2.71. The highest BCUT2D eigenvalue weighted by Gasteiger charge is 2.26. The van der Waals surface area contributed by atoms with Gasteiger partial charge in [0.1, 0.15) is 11.6 Å². The Bertz CT molecular complexity index is 510. The molecule has 20 heavy (non-hydrogen) atoms. The molecule has 0 aromatic carbocycles. The first kappa shape index (κ1) is 14.7. The molecule has 1 saturated heterocycles. The van der Waals surface area contributed by atoms with Crippen LogP contribution < -0.4 is 10.2 Å². The second kappa shape index (κ2) is 6.19. The lowest BCUT2D eigenvalue weighted by atomic mass is 10.0. The van der Waals surface area contributed by atoms with Crippen LogP contribution in [0.15, 0.2) is 0 Å². The van der Waals surface area contributed by atoms with Crippen molar-refractivity contribution < 1.29 is 0 Å². The van der Waals surface area contributed by atoms with Crippen LogP contribution in [0.3, 0.4) is 0 Å². The summed E-state index contributed by atoms with van der Waals surface area (Å²) < 4.78 is 0. The maximum atomic E-state index is 9.55. The van der Waals surface area contributed by atoms with Gasteiger partial charge in [-0.1, -0.05) is 13.8 Å². The molecule has 108 valence electrons. The van der Waals surface area contributed by atoms with Crippen molar-refractivity contribution >= 4 is 5.82 Å². The summed E-state index contributed by atoms with van der Waals surface area (Å²) in [5.74, 6) is 0.752. The molecule has 0 amide bonds. The quantitative estimate of drug-likeness (QED) is 0.907. The molecule has 1 N–H and O–H groups in total. The van der Waals surface area contributed by atoms with Gasteiger partial charge in [0.25, 0.3) is 0 Å². The van der Waals surface area contributed by atoms with Gasteiger partial charge in [0, 0.05) is 25.2 Å². The minimum absolute atomic E-state index is 0.392. The normalized spacial score (nSPS) is 22.6. The average molecular weight is 273 g/mol. The summed E-state index contributed by atoms with van der Waals surface area (Å²) in [5, 5.41) is 21.7. The number of hydrogen-bond donors (Lipinski definition) is 1. The average Bonchev–Trinajstić information content (AvgIpc) is 2.44. The summed E-state index contributed by atoms with van der Waals surface area (Å²) in [6.07, 6.45) is 1.64. The van der Waals surface area contributed by atoms with Gasteiger partial charge in [-0.3, -0.25) is 0 Å². The van der Waals surface area contributed by atoms with E-state index in [-0.39, 0.29) is 0 Å². The smallest absolute Gasteiger partial charge is 0.169 e. The van der Waals surface area contributed by atoms with Crippen molar-refractivity contribution in [2.75, 3.05) is 18.0 Å². The number of nitrogens with zero attached hydrogens (tertiary/aromatic N) is 4. The maximum Gasteiger partial charge on any atom is 0.169 e. The Morgan fingerprint density at radius 1 is 1.20 bits per heavy atom. The van der Waals surface area contributed by atoms with Crippen LogP contribution >= 0.6 is 0 Å². The van der Waals surface area contributed by atoms with E-state index in [1.54, 1.807) is 0 Å². The molecule has 1 fully saturated rings. The number of piperazine rings is 1. The molecule has 1 aromatic heterocycles. The highest BCUT2D eigenvalue weighted by atomic mass is 15.3. The van der Waals surface area contributed by atoms with E-state index in [9.17, 15) is 5.26 Å². The first-order valence-corrected chi connectivity index (χ1v) is 7.40. The van der Waals surface area contributed by atoms with Gasteiger partial charge in [0.2, 0.25) is 0 Å². The maximum absolute atomic E-state index is 9.55. The molecule has 1 aromatic rings. The van der Waals surface area contributed by atoms with E-state index in [2.05, 4.69) is 54.2 Å². The Balaban J connectivity index is 2.44. The minimum atomic E-state index is 0.392. The first-order valence-electron chi connectivity index (χ1n) is 7.40. The standard InChI is InChI=1S/C15H23N5/c1-5-12-13(7-16)15(19-18-14(12)6-2)20-8-10(3)17-11(4)9-20/h10-11,17H,5-6,8-9H2,1-4H3. The first-order chi connectivity index (χ1) is 9.60. The van der Waals surface area contributed by atoms with Gasteiger partial charge in [-0.2, -0.15) is 10.4 Å². The number of aromatic nitrogens is 2. The predicted molar refractivity (Wildman–Crippen MR) is 79.8 cm³/mol. The van der Waals surface area contributed by atoms with Gasteiger partial charge >= 0.3 is 0 Å². The van der Waals surface area contributed by atoms with Crippen molar-refractivity contribution in [2.45, 2.75) is 52.6 Å². The zero-order valence-corrected chi connectivity index (χ0v) is 12.8. The van der Waals surface area contributed by atoms with E-state index in [1.807, 2.05) is 0 Å². The fourth-order valence-electron chi connectivity index (χ4n) is 3.00. The topological polar surface area (TPSA) is 64.8 Å². The molecule has 2 unspecified atom stereocenters. The summed E-state index contributed by atoms with van der Waals surface area (Å²) in [4.78, 5) is 2.19. The molecule has 2 rings (SSSR count). The molecule has 2 heterocycles. The molecule has 2 atom stereocenters. The molecule has 5 nitrogen and oxygen atoms in total. The lowest BCUT2D eigenvalue weighted by Gasteiger charge is -2.37. The number of rotatable bonds is 3. The van der Waals surface area contributed by atoms with E-state index in [0.29, 0.717) is 17.6 Å². The zero-order chi connectivity index (χ0) is 14.7. The van der Waals surface area contributed by atoms with E-state index >= 15 is 0 Å². The van der Waals surface area contributed by atoms with Crippen molar-refractivity contribution in [3.05, 3.63) is 16.8 Å². The molecular weight excluding hydrogens is 250 g/mol. The van der Waals surface area contributed by atoms with E-state index < -0.39 is 0 Å². The Morgan fingerprint density at radius 2 is 1.85 bits per heavy atom. The number of anilines is 1. The summed E-state index contributed by atoms with van der Waals surface area (Å²) >= 11 is 0.